The molecule has 1 N–H and O–H groups in total. The van der Waals surface area contributed by atoms with Crippen molar-refractivity contribution in [3.8, 4) is 11.4 Å². The normalized spacial score (nSPS) is 19.1. The smallest absolute Gasteiger partial charge is 0.119 e. The molecule has 4 nitrogen and oxygen atoms in total. The first-order chi connectivity index (χ1) is 8.88. The van der Waals surface area contributed by atoms with E-state index < -0.39 is 0 Å². The van der Waals surface area contributed by atoms with Crippen LogP contribution in [0, 0.1) is 0 Å². The second-order valence-electron chi connectivity index (χ2n) is 4.54. The fraction of sp³-hybridized carbons (Fsp3) is 0.357. The first-order valence-corrected chi connectivity index (χ1v) is 6.28. The lowest BCUT2D eigenvalue weighted by atomic mass is 10.1. The minimum absolute atomic E-state index is 0.426. The summed E-state index contributed by atoms with van der Waals surface area (Å²) >= 11 is 0. The van der Waals surface area contributed by atoms with Gasteiger partial charge >= 0.3 is 0 Å². The minimum Gasteiger partial charge on any atom is -0.497 e. The van der Waals surface area contributed by atoms with E-state index in [0.29, 0.717) is 6.04 Å². The number of hydrogen-bond acceptors (Lipinski definition) is 3. The van der Waals surface area contributed by atoms with E-state index in [4.69, 9.17) is 4.74 Å². The first-order valence-electron chi connectivity index (χ1n) is 6.28. The molecule has 1 aromatic carbocycles. The molecule has 3 rings (SSSR count). The van der Waals surface area contributed by atoms with Crippen molar-refractivity contribution >= 4 is 0 Å². The summed E-state index contributed by atoms with van der Waals surface area (Å²) in [6.45, 7) is 1.10. The van der Waals surface area contributed by atoms with Gasteiger partial charge in [0.15, 0.2) is 0 Å². The molecule has 0 bridgehead atoms. The number of nitrogens with zero attached hydrogens (tertiary/aromatic N) is 2. The lowest BCUT2D eigenvalue weighted by molar-refractivity contribution is 0.414. The predicted molar refractivity (Wildman–Crippen MR) is 70.1 cm³/mol. The molecule has 1 fully saturated rings. The van der Waals surface area contributed by atoms with Crippen molar-refractivity contribution in [3.63, 3.8) is 0 Å². The molecule has 1 saturated heterocycles. The van der Waals surface area contributed by atoms with Crippen molar-refractivity contribution in [2.45, 2.75) is 18.9 Å². The molecule has 1 aromatic heterocycles. The second kappa shape index (κ2) is 4.82. The Morgan fingerprint density at radius 3 is 2.83 bits per heavy atom. The van der Waals surface area contributed by atoms with Gasteiger partial charge in [0.1, 0.15) is 5.75 Å². The number of rotatable bonds is 3. The van der Waals surface area contributed by atoms with Crippen molar-refractivity contribution in [1.82, 2.24) is 14.9 Å². The molecular formula is C14H17N3O. The van der Waals surface area contributed by atoms with E-state index in [0.717, 1.165) is 18.0 Å². The third-order valence-corrected chi connectivity index (χ3v) is 3.44. The van der Waals surface area contributed by atoms with Crippen LogP contribution in [0.4, 0.5) is 0 Å². The van der Waals surface area contributed by atoms with Gasteiger partial charge in [-0.1, -0.05) is 0 Å². The van der Waals surface area contributed by atoms with Crippen LogP contribution in [0.3, 0.4) is 0 Å². The van der Waals surface area contributed by atoms with E-state index in [1.54, 1.807) is 7.11 Å². The Labute approximate surface area is 107 Å². The molecule has 0 aliphatic carbocycles. The summed E-state index contributed by atoms with van der Waals surface area (Å²) in [6, 6.07) is 8.48. The molecule has 2 aromatic rings. The summed E-state index contributed by atoms with van der Waals surface area (Å²) in [5.74, 6) is 0.874. The summed E-state index contributed by atoms with van der Waals surface area (Å²) in [7, 11) is 1.68. The standard InChI is InChI=1S/C14H17N3O/c1-18-12-6-4-11(5-7-12)17-10-15-9-14(17)13-3-2-8-16-13/h4-7,9-10,13,16H,2-3,8H2,1H3/t13-/m0/s1. The van der Waals surface area contributed by atoms with Crippen molar-refractivity contribution in [2.24, 2.45) is 0 Å². The molecule has 1 atom stereocenters. The predicted octanol–water partition coefficient (Wildman–Crippen LogP) is 2.31. The number of methoxy groups -OCH3 is 1. The number of benzene rings is 1. The van der Waals surface area contributed by atoms with Gasteiger partial charge in [0, 0.05) is 11.7 Å². The van der Waals surface area contributed by atoms with E-state index in [2.05, 4.69) is 27.0 Å². The Balaban J connectivity index is 1.93. The van der Waals surface area contributed by atoms with Gasteiger partial charge in [0.25, 0.3) is 0 Å². The third kappa shape index (κ3) is 1.99. The summed E-state index contributed by atoms with van der Waals surface area (Å²) in [5.41, 5.74) is 2.36. The monoisotopic (exact) mass is 243 g/mol. The average Bonchev–Trinajstić information content (AvgIpc) is 3.09. The molecular weight excluding hydrogens is 226 g/mol. The third-order valence-electron chi connectivity index (χ3n) is 3.44. The highest BCUT2D eigenvalue weighted by atomic mass is 16.5. The molecule has 18 heavy (non-hydrogen) atoms. The molecule has 0 saturated carbocycles. The van der Waals surface area contributed by atoms with Crippen LogP contribution in [0.5, 0.6) is 5.75 Å². The average molecular weight is 243 g/mol. The zero-order valence-corrected chi connectivity index (χ0v) is 10.5. The van der Waals surface area contributed by atoms with Crippen molar-refractivity contribution in [1.29, 1.82) is 0 Å². The Hall–Kier alpha value is -1.81. The van der Waals surface area contributed by atoms with E-state index in [1.165, 1.54) is 18.5 Å². The Morgan fingerprint density at radius 1 is 1.33 bits per heavy atom. The number of ether oxygens (including phenoxy) is 1. The van der Waals surface area contributed by atoms with Gasteiger partial charge in [-0.3, -0.25) is 0 Å². The highest BCUT2D eigenvalue weighted by Crippen LogP contribution is 2.25. The van der Waals surface area contributed by atoms with Crippen LogP contribution in [0.1, 0.15) is 24.6 Å². The van der Waals surface area contributed by atoms with Crippen LogP contribution < -0.4 is 10.1 Å². The van der Waals surface area contributed by atoms with Gasteiger partial charge in [-0.2, -0.15) is 0 Å². The summed E-state index contributed by atoms with van der Waals surface area (Å²) in [4.78, 5) is 4.28. The maximum Gasteiger partial charge on any atom is 0.119 e. The molecule has 0 amide bonds. The molecule has 1 aliphatic heterocycles. The zero-order valence-electron chi connectivity index (χ0n) is 10.5. The van der Waals surface area contributed by atoms with Gasteiger partial charge in [-0.25, -0.2) is 4.98 Å². The molecule has 94 valence electrons. The van der Waals surface area contributed by atoms with E-state index in [9.17, 15) is 0 Å². The van der Waals surface area contributed by atoms with Gasteiger partial charge in [0.05, 0.1) is 25.3 Å². The Kier molecular flexibility index (Phi) is 3.02. The quantitative estimate of drug-likeness (QED) is 0.899. The van der Waals surface area contributed by atoms with Gasteiger partial charge in [-0.15, -0.1) is 0 Å². The van der Waals surface area contributed by atoms with Gasteiger partial charge < -0.3 is 14.6 Å². The summed E-state index contributed by atoms with van der Waals surface area (Å²) < 4.78 is 7.32. The second-order valence-corrected chi connectivity index (χ2v) is 4.54. The largest absolute Gasteiger partial charge is 0.497 e. The fourth-order valence-corrected chi connectivity index (χ4v) is 2.46. The van der Waals surface area contributed by atoms with Crippen molar-refractivity contribution < 1.29 is 4.74 Å². The highest BCUT2D eigenvalue weighted by Gasteiger charge is 2.20. The zero-order chi connectivity index (χ0) is 12.4. The molecule has 0 unspecified atom stereocenters. The number of hydrogen-bond donors (Lipinski definition) is 1. The van der Waals surface area contributed by atoms with E-state index >= 15 is 0 Å². The van der Waals surface area contributed by atoms with Crippen LogP contribution in [0.25, 0.3) is 5.69 Å². The highest BCUT2D eigenvalue weighted by molar-refractivity contribution is 5.39. The molecule has 2 heterocycles. The lowest BCUT2D eigenvalue weighted by Gasteiger charge is -2.14. The Bertz CT molecular complexity index is 512. The van der Waals surface area contributed by atoms with Crippen molar-refractivity contribution in [2.75, 3.05) is 13.7 Å². The maximum absolute atomic E-state index is 5.18. The molecule has 4 heteroatoms. The number of imidazole rings is 1. The fourth-order valence-electron chi connectivity index (χ4n) is 2.46. The Morgan fingerprint density at radius 2 is 2.17 bits per heavy atom. The molecule has 0 spiro atoms. The number of aromatic nitrogens is 2. The topological polar surface area (TPSA) is 39.1 Å². The minimum atomic E-state index is 0.426. The maximum atomic E-state index is 5.18. The first kappa shape index (κ1) is 11.3. The van der Waals surface area contributed by atoms with Crippen LogP contribution in [-0.2, 0) is 0 Å². The summed E-state index contributed by atoms with van der Waals surface area (Å²) in [6.07, 6.45) is 6.24. The van der Waals surface area contributed by atoms with Gasteiger partial charge in [0.2, 0.25) is 0 Å². The molecule has 0 radical (unpaired) electrons. The lowest BCUT2D eigenvalue weighted by Crippen LogP contribution is -2.16. The summed E-state index contributed by atoms with van der Waals surface area (Å²) in [5, 5.41) is 3.51. The van der Waals surface area contributed by atoms with Crippen LogP contribution in [-0.4, -0.2) is 23.2 Å². The van der Waals surface area contributed by atoms with Crippen LogP contribution in [0.2, 0.25) is 0 Å². The van der Waals surface area contributed by atoms with Gasteiger partial charge in [-0.05, 0) is 43.7 Å². The van der Waals surface area contributed by atoms with E-state index in [1.807, 2.05) is 24.7 Å². The number of nitrogens with one attached hydrogen (secondary N) is 1. The molecule has 1 aliphatic rings. The SMILES string of the molecule is COc1ccc(-n2cncc2[C@@H]2CCCN2)cc1. The van der Waals surface area contributed by atoms with Crippen LogP contribution in [0.15, 0.2) is 36.8 Å². The van der Waals surface area contributed by atoms with Crippen LogP contribution >= 0.6 is 0 Å². The van der Waals surface area contributed by atoms with E-state index in [-0.39, 0.29) is 0 Å². The van der Waals surface area contributed by atoms with Crippen molar-refractivity contribution in [3.05, 3.63) is 42.5 Å².